The van der Waals surface area contributed by atoms with Gasteiger partial charge in [0.25, 0.3) is 11.8 Å². The van der Waals surface area contributed by atoms with Crippen molar-refractivity contribution in [1.29, 1.82) is 0 Å². The van der Waals surface area contributed by atoms with Crippen LogP contribution >= 0.6 is 27.7 Å². The van der Waals surface area contributed by atoms with Gasteiger partial charge in [0, 0.05) is 20.6 Å². The minimum Gasteiger partial charge on any atom is -0.465 e. The molecule has 0 saturated heterocycles. The first-order valence-corrected chi connectivity index (χ1v) is 14.5. The van der Waals surface area contributed by atoms with E-state index in [0.29, 0.717) is 16.9 Å². The highest BCUT2D eigenvalue weighted by molar-refractivity contribution is 9.10. The van der Waals surface area contributed by atoms with E-state index in [1.165, 1.54) is 18.9 Å². The van der Waals surface area contributed by atoms with E-state index in [1.807, 2.05) is 24.3 Å². The van der Waals surface area contributed by atoms with Crippen LogP contribution in [0.5, 0.6) is 0 Å². The van der Waals surface area contributed by atoms with Crippen molar-refractivity contribution in [3.8, 4) is 0 Å². The van der Waals surface area contributed by atoms with E-state index in [0.717, 1.165) is 14.9 Å². The molecule has 3 N–H and O–H groups in total. The molecule has 0 aliphatic rings. The van der Waals surface area contributed by atoms with Crippen LogP contribution < -0.4 is 16.0 Å². The highest BCUT2D eigenvalue weighted by Gasteiger charge is 2.16. The Labute approximate surface area is 255 Å². The minimum absolute atomic E-state index is 0.0773. The Bertz CT molecular complexity index is 1610. The standard InChI is InChI=1S/C32H26BrN3O5S/c1-41-32(40)26-9-5-6-10-27(26)35-29(37)20-42-25-17-15-24(16-18-25)34-31(39)28(19-21-11-13-23(33)14-12-21)36-30(38)22-7-3-2-4-8-22/h2-19H,20H2,1H3,(H,34,39)(H,35,37)(H,36,38)/b28-19-. The predicted molar refractivity (Wildman–Crippen MR) is 168 cm³/mol. The largest absolute Gasteiger partial charge is 0.465 e. The number of carbonyl (C=O) groups is 4. The summed E-state index contributed by atoms with van der Waals surface area (Å²) in [5.41, 5.74) is 2.39. The van der Waals surface area contributed by atoms with E-state index < -0.39 is 17.8 Å². The van der Waals surface area contributed by atoms with Gasteiger partial charge in [-0.15, -0.1) is 11.8 Å². The number of anilines is 2. The SMILES string of the molecule is COC(=O)c1ccccc1NC(=O)CSc1ccc(NC(=O)/C(=C/c2ccc(Br)cc2)NC(=O)c2ccccc2)cc1. The minimum atomic E-state index is -0.536. The first kappa shape index (κ1) is 30.3. The Balaban J connectivity index is 1.39. The van der Waals surface area contributed by atoms with E-state index in [1.54, 1.807) is 84.9 Å². The molecule has 0 bridgehead atoms. The van der Waals surface area contributed by atoms with Gasteiger partial charge in [0.1, 0.15) is 5.70 Å². The van der Waals surface area contributed by atoms with Crippen molar-refractivity contribution >= 4 is 68.8 Å². The summed E-state index contributed by atoms with van der Waals surface area (Å²) < 4.78 is 5.65. The van der Waals surface area contributed by atoms with Gasteiger partial charge >= 0.3 is 5.97 Å². The average Bonchev–Trinajstić information content (AvgIpc) is 3.01. The number of amides is 3. The van der Waals surface area contributed by atoms with Crippen molar-refractivity contribution < 1.29 is 23.9 Å². The number of nitrogens with one attached hydrogen (secondary N) is 3. The summed E-state index contributed by atoms with van der Waals surface area (Å²) in [7, 11) is 1.28. The summed E-state index contributed by atoms with van der Waals surface area (Å²) in [6.07, 6.45) is 1.60. The molecule has 0 radical (unpaired) electrons. The first-order chi connectivity index (χ1) is 20.3. The monoisotopic (exact) mass is 643 g/mol. The second kappa shape index (κ2) is 14.8. The molecule has 0 atom stereocenters. The van der Waals surface area contributed by atoms with Crippen molar-refractivity contribution in [2.24, 2.45) is 0 Å². The van der Waals surface area contributed by atoms with Crippen LogP contribution in [0.15, 0.2) is 118 Å². The molecule has 8 nitrogen and oxygen atoms in total. The molecule has 0 aliphatic heterocycles. The van der Waals surface area contributed by atoms with Gasteiger partial charge in [-0.25, -0.2) is 4.79 Å². The summed E-state index contributed by atoms with van der Waals surface area (Å²) in [5, 5.41) is 8.27. The fourth-order valence-electron chi connectivity index (χ4n) is 3.72. The normalized spacial score (nSPS) is 10.9. The van der Waals surface area contributed by atoms with Crippen molar-refractivity contribution in [1.82, 2.24) is 5.32 Å². The summed E-state index contributed by atoms with van der Waals surface area (Å²) in [4.78, 5) is 51.3. The predicted octanol–water partition coefficient (Wildman–Crippen LogP) is 6.38. The molecule has 0 spiro atoms. The van der Waals surface area contributed by atoms with Crippen LogP contribution in [0.3, 0.4) is 0 Å². The van der Waals surface area contributed by atoms with E-state index >= 15 is 0 Å². The third kappa shape index (κ3) is 8.66. The maximum atomic E-state index is 13.2. The fourth-order valence-corrected chi connectivity index (χ4v) is 4.68. The topological polar surface area (TPSA) is 114 Å². The van der Waals surface area contributed by atoms with Crippen LogP contribution in [0.2, 0.25) is 0 Å². The number of benzene rings is 4. The maximum absolute atomic E-state index is 13.2. The Kier molecular flexibility index (Phi) is 10.7. The summed E-state index contributed by atoms with van der Waals surface area (Å²) in [6, 6.07) is 29.5. The molecular formula is C32H26BrN3O5S. The Hall–Kier alpha value is -4.67. The molecule has 42 heavy (non-hydrogen) atoms. The zero-order chi connectivity index (χ0) is 29.9. The molecule has 0 saturated carbocycles. The Morgan fingerprint density at radius 2 is 1.48 bits per heavy atom. The van der Waals surface area contributed by atoms with E-state index in [2.05, 4.69) is 31.9 Å². The van der Waals surface area contributed by atoms with Crippen LogP contribution in [0.25, 0.3) is 6.08 Å². The Morgan fingerprint density at radius 3 is 2.17 bits per heavy atom. The van der Waals surface area contributed by atoms with E-state index in [9.17, 15) is 19.2 Å². The summed E-state index contributed by atoms with van der Waals surface area (Å²) in [5.74, 6) is -1.62. The van der Waals surface area contributed by atoms with Crippen LogP contribution in [0.1, 0.15) is 26.3 Å². The lowest BCUT2D eigenvalue weighted by Crippen LogP contribution is -2.30. The molecule has 4 aromatic rings. The molecule has 0 heterocycles. The molecule has 0 aliphatic carbocycles. The third-order valence-corrected chi connectivity index (χ3v) is 7.34. The van der Waals surface area contributed by atoms with Crippen molar-refractivity contribution in [2.45, 2.75) is 4.90 Å². The van der Waals surface area contributed by atoms with Crippen molar-refractivity contribution in [3.05, 3.63) is 130 Å². The molecule has 0 unspecified atom stereocenters. The molecule has 10 heteroatoms. The van der Waals surface area contributed by atoms with Gasteiger partial charge in [-0.3, -0.25) is 14.4 Å². The number of esters is 1. The summed E-state index contributed by atoms with van der Waals surface area (Å²) >= 11 is 4.69. The average molecular weight is 645 g/mol. The molecule has 4 aromatic carbocycles. The van der Waals surface area contributed by atoms with Gasteiger partial charge in [0.15, 0.2) is 0 Å². The first-order valence-electron chi connectivity index (χ1n) is 12.7. The highest BCUT2D eigenvalue weighted by atomic mass is 79.9. The number of hydrogen-bond donors (Lipinski definition) is 3. The smallest absolute Gasteiger partial charge is 0.339 e. The fraction of sp³-hybridized carbons (Fsp3) is 0.0625. The molecule has 3 amide bonds. The number of halogens is 1. The number of carbonyl (C=O) groups excluding carboxylic acids is 4. The quantitative estimate of drug-likeness (QED) is 0.105. The van der Waals surface area contributed by atoms with Crippen molar-refractivity contribution in [2.75, 3.05) is 23.5 Å². The lowest BCUT2D eigenvalue weighted by Gasteiger charge is -2.12. The molecular weight excluding hydrogens is 618 g/mol. The third-order valence-electron chi connectivity index (χ3n) is 5.80. The molecule has 212 valence electrons. The van der Waals surface area contributed by atoms with Gasteiger partial charge in [-0.1, -0.05) is 58.4 Å². The zero-order valence-electron chi connectivity index (χ0n) is 22.4. The number of rotatable bonds is 10. The van der Waals surface area contributed by atoms with Crippen LogP contribution in [0.4, 0.5) is 11.4 Å². The van der Waals surface area contributed by atoms with Gasteiger partial charge in [-0.2, -0.15) is 0 Å². The second-order valence-corrected chi connectivity index (χ2v) is 10.7. The maximum Gasteiger partial charge on any atom is 0.339 e. The van der Waals surface area contributed by atoms with E-state index in [4.69, 9.17) is 4.74 Å². The van der Waals surface area contributed by atoms with Crippen molar-refractivity contribution in [3.63, 3.8) is 0 Å². The van der Waals surface area contributed by atoms with Gasteiger partial charge in [0.05, 0.1) is 24.1 Å². The number of para-hydroxylation sites is 1. The number of thioether (sulfide) groups is 1. The number of hydrogen-bond acceptors (Lipinski definition) is 6. The lowest BCUT2D eigenvalue weighted by atomic mass is 10.1. The van der Waals surface area contributed by atoms with E-state index in [-0.39, 0.29) is 22.9 Å². The van der Waals surface area contributed by atoms with Gasteiger partial charge in [-0.05, 0) is 72.3 Å². The van der Waals surface area contributed by atoms with Crippen LogP contribution in [-0.4, -0.2) is 36.6 Å². The lowest BCUT2D eigenvalue weighted by molar-refractivity contribution is -0.114. The number of methoxy groups -OCH3 is 1. The van der Waals surface area contributed by atoms with Gasteiger partial charge in [0.2, 0.25) is 5.91 Å². The molecule has 0 fully saturated rings. The highest BCUT2D eigenvalue weighted by Crippen LogP contribution is 2.22. The Morgan fingerprint density at radius 1 is 0.810 bits per heavy atom. The summed E-state index contributed by atoms with van der Waals surface area (Å²) in [6.45, 7) is 0. The molecule has 4 rings (SSSR count). The van der Waals surface area contributed by atoms with Gasteiger partial charge < -0.3 is 20.7 Å². The zero-order valence-corrected chi connectivity index (χ0v) is 24.8. The van der Waals surface area contributed by atoms with Crippen LogP contribution in [-0.2, 0) is 14.3 Å². The second-order valence-electron chi connectivity index (χ2n) is 8.78. The van der Waals surface area contributed by atoms with Crippen LogP contribution in [0, 0.1) is 0 Å². The number of ether oxygens (including phenoxy) is 1. The molecule has 0 aromatic heterocycles.